The van der Waals surface area contributed by atoms with E-state index in [1.165, 1.54) is 40.2 Å². The summed E-state index contributed by atoms with van der Waals surface area (Å²) >= 11 is 2.67. The molecule has 0 saturated carbocycles. The van der Waals surface area contributed by atoms with E-state index in [2.05, 4.69) is 14.8 Å². The first-order valence-corrected chi connectivity index (χ1v) is 9.16. The minimum absolute atomic E-state index is 0.0155. The van der Waals surface area contributed by atoms with Crippen LogP contribution in [0.15, 0.2) is 16.4 Å². The average molecular weight is 385 g/mol. The standard InChI is InChI=1S/C13H15N5O5S2/c1-17-13(15-8(16-17)12(22)23-2)25-4-5-3-24-10-6(14)9(19)18(10)7(5)11(20)21/h6,10H,3-4,14H2,1-2H3,(H,20,21)/t6-,10-/m1/s1. The fourth-order valence-corrected chi connectivity index (χ4v) is 4.86. The van der Waals surface area contributed by atoms with Crippen molar-refractivity contribution < 1.29 is 24.2 Å². The highest BCUT2D eigenvalue weighted by Crippen LogP contribution is 2.40. The summed E-state index contributed by atoms with van der Waals surface area (Å²) < 4.78 is 5.99. The molecule has 3 N–H and O–H groups in total. The molecule has 3 heterocycles. The molecule has 2 aliphatic rings. The molecule has 0 aliphatic carbocycles. The van der Waals surface area contributed by atoms with Gasteiger partial charge in [0.2, 0.25) is 5.91 Å². The second-order valence-corrected chi connectivity index (χ2v) is 7.36. The number of hydrogen-bond acceptors (Lipinski definition) is 9. The number of carbonyl (C=O) groups is 3. The van der Waals surface area contributed by atoms with Crippen molar-refractivity contribution in [3.05, 3.63) is 17.1 Å². The van der Waals surface area contributed by atoms with Crippen molar-refractivity contribution in [1.82, 2.24) is 19.7 Å². The fraction of sp³-hybridized carbons (Fsp3) is 0.462. The molecule has 25 heavy (non-hydrogen) atoms. The number of thioether (sulfide) groups is 2. The Labute approximate surface area is 150 Å². The van der Waals surface area contributed by atoms with Crippen LogP contribution >= 0.6 is 23.5 Å². The van der Waals surface area contributed by atoms with Gasteiger partial charge in [0, 0.05) is 18.6 Å². The highest BCUT2D eigenvalue weighted by molar-refractivity contribution is 8.01. The number of aromatic nitrogens is 3. The Morgan fingerprint density at radius 2 is 2.24 bits per heavy atom. The smallest absolute Gasteiger partial charge is 0.377 e. The molecule has 134 valence electrons. The van der Waals surface area contributed by atoms with Gasteiger partial charge in [0.25, 0.3) is 5.82 Å². The van der Waals surface area contributed by atoms with Crippen LogP contribution < -0.4 is 5.73 Å². The van der Waals surface area contributed by atoms with Crippen molar-refractivity contribution in [3.63, 3.8) is 0 Å². The van der Waals surface area contributed by atoms with Crippen LogP contribution in [0.5, 0.6) is 0 Å². The molecule has 2 atom stereocenters. The molecule has 0 bridgehead atoms. The molecule has 1 fully saturated rings. The van der Waals surface area contributed by atoms with E-state index in [9.17, 15) is 19.5 Å². The Kier molecular flexibility index (Phi) is 4.75. The van der Waals surface area contributed by atoms with E-state index in [4.69, 9.17) is 5.73 Å². The lowest BCUT2D eigenvalue weighted by Gasteiger charge is -2.48. The maximum atomic E-state index is 11.9. The zero-order chi connectivity index (χ0) is 18.3. The third-order valence-electron chi connectivity index (χ3n) is 3.76. The van der Waals surface area contributed by atoms with Crippen LogP contribution in [0.25, 0.3) is 0 Å². The number of aryl methyl sites for hydroxylation is 1. The molecule has 1 amide bonds. The maximum absolute atomic E-state index is 11.9. The van der Waals surface area contributed by atoms with E-state index in [0.717, 1.165) is 0 Å². The van der Waals surface area contributed by atoms with Gasteiger partial charge in [0.15, 0.2) is 5.16 Å². The average Bonchev–Trinajstić information content (AvgIpc) is 2.98. The zero-order valence-corrected chi connectivity index (χ0v) is 15.0. The van der Waals surface area contributed by atoms with Crippen molar-refractivity contribution in [3.8, 4) is 0 Å². The summed E-state index contributed by atoms with van der Waals surface area (Å²) in [4.78, 5) is 40.3. The van der Waals surface area contributed by atoms with E-state index in [0.29, 0.717) is 22.2 Å². The number of nitrogens with zero attached hydrogens (tertiary/aromatic N) is 4. The summed E-state index contributed by atoms with van der Waals surface area (Å²) in [6, 6.07) is -0.657. The van der Waals surface area contributed by atoms with E-state index < -0.39 is 18.0 Å². The van der Waals surface area contributed by atoms with Gasteiger partial charge in [-0.15, -0.1) is 16.9 Å². The fourth-order valence-electron chi connectivity index (χ4n) is 2.52. The van der Waals surface area contributed by atoms with Crippen LogP contribution in [0.3, 0.4) is 0 Å². The number of amides is 1. The van der Waals surface area contributed by atoms with Crippen molar-refractivity contribution in [2.45, 2.75) is 16.6 Å². The molecule has 0 spiro atoms. The molecular weight excluding hydrogens is 370 g/mol. The first-order chi connectivity index (χ1) is 11.8. The minimum Gasteiger partial charge on any atom is -0.477 e. The normalized spacial score (nSPS) is 22.5. The Hall–Kier alpha value is -2.05. The molecule has 12 heteroatoms. The Bertz CT molecular complexity index is 792. The largest absolute Gasteiger partial charge is 0.477 e. The van der Waals surface area contributed by atoms with Crippen LogP contribution in [0.4, 0.5) is 0 Å². The van der Waals surface area contributed by atoms with Gasteiger partial charge in [0.1, 0.15) is 17.1 Å². The second kappa shape index (κ2) is 6.69. The Balaban J connectivity index is 1.80. The lowest BCUT2D eigenvalue weighted by molar-refractivity contribution is -0.147. The number of esters is 1. The third-order valence-corrected chi connectivity index (χ3v) is 6.22. The number of fused-ring (bicyclic) bond motifs is 1. The number of rotatable bonds is 5. The van der Waals surface area contributed by atoms with Gasteiger partial charge in [-0.2, -0.15) is 4.98 Å². The van der Waals surface area contributed by atoms with Crippen LogP contribution in [-0.2, 0) is 21.4 Å². The van der Waals surface area contributed by atoms with Gasteiger partial charge in [-0.25, -0.2) is 14.3 Å². The first-order valence-electron chi connectivity index (χ1n) is 7.13. The van der Waals surface area contributed by atoms with Crippen molar-refractivity contribution in [1.29, 1.82) is 0 Å². The van der Waals surface area contributed by atoms with Crippen molar-refractivity contribution >= 4 is 41.4 Å². The van der Waals surface area contributed by atoms with Gasteiger partial charge in [-0.1, -0.05) is 11.8 Å². The molecule has 2 aliphatic heterocycles. The molecular formula is C13H15N5O5S2. The second-order valence-electron chi connectivity index (χ2n) is 5.31. The summed E-state index contributed by atoms with van der Waals surface area (Å²) in [5, 5.41) is 13.6. The number of carboxylic acids is 1. The summed E-state index contributed by atoms with van der Waals surface area (Å²) in [5.74, 6) is -1.50. The van der Waals surface area contributed by atoms with Crippen molar-refractivity contribution in [2.75, 3.05) is 18.6 Å². The zero-order valence-electron chi connectivity index (χ0n) is 13.3. The molecule has 0 unspecified atom stereocenters. The van der Waals surface area contributed by atoms with E-state index in [1.54, 1.807) is 7.05 Å². The van der Waals surface area contributed by atoms with Gasteiger partial charge in [-0.05, 0) is 5.57 Å². The number of aliphatic carboxylic acids is 1. The van der Waals surface area contributed by atoms with E-state index >= 15 is 0 Å². The van der Waals surface area contributed by atoms with Gasteiger partial charge < -0.3 is 15.6 Å². The number of β-lactam (4-membered cyclic amide) rings is 1. The summed E-state index contributed by atoms with van der Waals surface area (Å²) in [7, 11) is 2.86. The highest BCUT2D eigenvalue weighted by atomic mass is 32.2. The number of ether oxygens (including phenoxy) is 1. The van der Waals surface area contributed by atoms with Crippen LogP contribution in [-0.4, -0.2) is 72.6 Å². The molecule has 10 nitrogen and oxygen atoms in total. The highest BCUT2D eigenvalue weighted by Gasteiger charge is 2.51. The number of hydrogen-bond donors (Lipinski definition) is 2. The lowest BCUT2D eigenvalue weighted by Crippen LogP contribution is -2.68. The quantitative estimate of drug-likeness (QED) is 0.379. The summed E-state index contributed by atoms with van der Waals surface area (Å²) in [6.45, 7) is 0. The maximum Gasteiger partial charge on any atom is 0.377 e. The molecule has 1 aromatic rings. The van der Waals surface area contributed by atoms with Gasteiger partial charge in [-0.3, -0.25) is 9.69 Å². The predicted octanol–water partition coefficient (Wildman–Crippen LogP) is -0.725. The number of carbonyl (C=O) groups excluding carboxylic acids is 2. The van der Waals surface area contributed by atoms with Crippen LogP contribution in [0.2, 0.25) is 0 Å². The Morgan fingerprint density at radius 3 is 2.88 bits per heavy atom. The first kappa shape index (κ1) is 17.8. The number of nitrogens with two attached hydrogens (primary N) is 1. The van der Waals surface area contributed by atoms with Gasteiger partial charge >= 0.3 is 11.9 Å². The molecule has 3 rings (SSSR count). The predicted molar refractivity (Wildman–Crippen MR) is 88.8 cm³/mol. The third kappa shape index (κ3) is 3.00. The summed E-state index contributed by atoms with van der Waals surface area (Å²) in [6.07, 6.45) is 0. The molecule has 0 radical (unpaired) electrons. The van der Waals surface area contributed by atoms with Crippen LogP contribution in [0.1, 0.15) is 10.6 Å². The van der Waals surface area contributed by atoms with Crippen molar-refractivity contribution in [2.24, 2.45) is 12.8 Å². The number of carboxylic acid groups (broad SMARTS) is 1. The monoisotopic (exact) mass is 385 g/mol. The molecule has 0 aromatic carbocycles. The van der Waals surface area contributed by atoms with E-state index in [1.807, 2.05) is 0 Å². The topological polar surface area (TPSA) is 141 Å². The lowest BCUT2D eigenvalue weighted by atomic mass is 10.0. The SMILES string of the molecule is COC(=O)c1nc(SCC2=C(C(=O)O)N3C(=O)[C@@H](N)[C@H]3SC2)n(C)n1. The minimum atomic E-state index is -1.16. The Morgan fingerprint density at radius 1 is 1.52 bits per heavy atom. The number of methoxy groups -OCH3 is 1. The summed E-state index contributed by atoms with van der Waals surface area (Å²) in [5.41, 5.74) is 6.30. The van der Waals surface area contributed by atoms with Gasteiger partial charge in [0.05, 0.1) is 7.11 Å². The molecule has 1 saturated heterocycles. The van der Waals surface area contributed by atoms with Crippen LogP contribution in [0, 0.1) is 0 Å². The van der Waals surface area contributed by atoms with E-state index in [-0.39, 0.29) is 22.8 Å². The molecule has 1 aromatic heterocycles.